The van der Waals surface area contributed by atoms with Crippen molar-refractivity contribution in [1.29, 1.82) is 0 Å². The van der Waals surface area contributed by atoms with E-state index in [2.05, 4.69) is 95.9 Å². The Bertz CT molecular complexity index is 3780. The van der Waals surface area contributed by atoms with Crippen LogP contribution in [-0.4, -0.2) is 58.1 Å². The third-order valence-electron chi connectivity index (χ3n) is 14.2. The number of carbonyl (C=O) groups is 3. The van der Waals surface area contributed by atoms with Gasteiger partial charge in [0.15, 0.2) is 0 Å². The van der Waals surface area contributed by atoms with Crippen LogP contribution in [0.15, 0.2) is 137 Å². The molecule has 7 aromatic rings. The number of thiocarbonyl (C=S) groups is 1. The molecule has 3 aliphatic rings. The van der Waals surface area contributed by atoms with E-state index in [1.165, 1.54) is 15.0 Å². The summed E-state index contributed by atoms with van der Waals surface area (Å²) >= 11 is 8.94. The van der Waals surface area contributed by atoms with Gasteiger partial charge in [-0.25, -0.2) is 0 Å². The minimum atomic E-state index is -1.23. The van der Waals surface area contributed by atoms with Crippen LogP contribution in [0.2, 0.25) is 0 Å². The molecular weight excluding hydrogens is 1030 g/mol. The number of ether oxygens (including phenoxy) is 1. The molecule has 388 valence electrons. The van der Waals surface area contributed by atoms with E-state index < -0.39 is 40.6 Å². The molecule has 1 amide bonds. The summed E-state index contributed by atoms with van der Waals surface area (Å²) in [5.74, 6) is -1.67. The quantitative estimate of drug-likeness (QED) is 0.0746. The zero-order valence-electron chi connectivity index (χ0n) is 42.6. The molecule has 1 aliphatic carbocycles. The summed E-state index contributed by atoms with van der Waals surface area (Å²) < 4.78 is 10.1. The second-order valence-electron chi connectivity index (χ2n) is 20.6. The molecule has 12 nitrogen and oxygen atoms in total. The summed E-state index contributed by atoms with van der Waals surface area (Å²) in [6.07, 6.45) is 7.48. The van der Waals surface area contributed by atoms with E-state index in [0.717, 1.165) is 103 Å². The Morgan fingerprint density at radius 1 is 0.776 bits per heavy atom. The molecule has 0 bridgehead atoms. The predicted octanol–water partition coefficient (Wildman–Crippen LogP) is 10.6. The molecule has 76 heavy (non-hydrogen) atoms. The highest BCUT2D eigenvalue weighted by atomic mass is 32.2. The average Bonchev–Trinajstić information content (AvgIpc) is 4.25. The maximum Gasteiger partial charge on any atom is 0.323 e. The standard InChI is InChI=1S/C60H56N4O8S4/c1-6-61-53(68)50(75-55(61)51-54(69)63(58(73)76-51)33-37-22-27-42(28-23-37)72-60(4,5)35-59(2,3)57(70)71)56-62(34-49(65)66)52(67)48(74-56)32-38-24-29-47-45(31-38)43-18-13-19-46(43)64(47)41-25-20-36(21-26-41)30-44(39-14-9-7-10-15-39)40-16-11-8-12-17-40/h7-12,14-17,20-32,43,46H,6,13,18-19,33-35H2,1-5H3,(H,65,66)(H,70,71)/b48-32-,55-51+,56-50+. The first-order valence-electron chi connectivity index (χ1n) is 25.2. The summed E-state index contributed by atoms with van der Waals surface area (Å²) in [6.45, 7) is 8.51. The number of thioether (sulfide) groups is 1. The monoisotopic (exact) mass is 1090 g/mol. The van der Waals surface area contributed by atoms with Crippen molar-refractivity contribution in [2.24, 2.45) is 5.41 Å². The molecule has 2 aliphatic heterocycles. The van der Waals surface area contributed by atoms with Crippen molar-refractivity contribution < 1.29 is 29.3 Å². The molecule has 16 heteroatoms. The van der Waals surface area contributed by atoms with E-state index in [4.69, 9.17) is 17.0 Å². The van der Waals surface area contributed by atoms with Crippen LogP contribution >= 0.6 is 46.7 Å². The fraction of sp³-hybridized carbons (Fsp3) is 0.267. The number of rotatable bonds is 15. The van der Waals surface area contributed by atoms with Crippen LogP contribution in [0.1, 0.15) is 99.6 Å². The zero-order valence-corrected chi connectivity index (χ0v) is 45.9. The Balaban J connectivity index is 0.957. The van der Waals surface area contributed by atoms with Gasteiger partial charge in [0.2, 0.25) is 0 Å². The number of fused-ring (bicyclic) bond motifs is 3. The lowest BCUT2D eigenvalue weighted by atomic mass is 9.82. The van der Waals surface area contributed by atoms with Gasteiger partial charge < -0.3 is 19.8 Å². The van der Waals surface area contributed by atoms with Gasteiger partial charge in [-0.15, -0.1) is 22.7 Å². The summed E-state index contributed by atoms with van der Waals surface area (Å²) in [4.78, 5) is 71.1. The molecule has 5 aromatic carbocycles. The van der Waals surface area contributed by atoms with Crippen LogP contribution in [0.25, 0.3) is 22.6 Å². The Morgan fingerprint density at radius 2 is 1.43 bits per heavy atom. The molecule has 2 unspecified atom stereocenters. The van der Waals surface area contributed by atoms with Gasteiger partial charge in [0.1, 0.15) is 41.0 Å². The molecule has 2 atom stereocenters. The molecule has 2 N–H and O–H groups in total. The molecule has 4 heterocycles. The minimum absolute atomic E-state index is 0.152. The SMILES string of the molecule is CCn1c(=O)/c(=c2\s/c(=C\c3ccc4c(c3)C3CCCC3N4c3ccc(C=C(c4ccccc4)c4ccccc4)cc3)c(=O)n2CC(=O)O)s/c1=C1/SC(=S)N(Cc2ccc(OC(C)(C)CC(C)(C)C(=O)O)cc2)C1=O. The van der Waals surface area contributed by atoms with E-state index in [1.807, 2.05) is 44.2 Å². The first-order valence-corrected chi connectivity index (χ1v) is 28.1. The van der Waals surface area contributed by atoms with Gasteiger partial charge in [0, 0.05) is 36.3 Å². The number of carboxylic acid groups (broad SMARTS) is 2. The topological polar surface area (TPSA) is 151 Å². The van der Waals surface area contributed by atoms with Gasteiger partial charge in [-0.3, -0.25) is 38.0 Å². The van der Waals surface area contributed by atoms with Gasteiger partial charge in [-0.05, 0) is 135 Å². The Labute approximate surface area is 456 Å². The molecule has 1 saturated carbocycles. The molecule has 0 spiro atoms. The van der Waals surface area contributed by atoms with E-state index in [1.54, 1.807) is 39.0 Å². The third-order valence-corrected chi connectivity index (χ3v) is 18.2. The maximum absolute atomic E-state index is 14.3. The lowest BCUT2D eigenvalue weighted by Crippen LogP contribution is -2.38. The number of anilines is 2. The highest BCUT2D eigenvalue weighted by Crippen LogP contribution is 2.52. The molecular formula is C60H56N4O8S4. The van der Waals surface area contributed by atoms with Gasteiger partial charge in [0.05, 0.1) is 16.5 Å². The normalized spacial score (nSPS) is 17.8. The van der Waals surface area contributed by atoms with E-state index in [9.17, 15) is 34.2 Å². The summed E-state index contributed by atoms with van der Waals surface area (Å²) in [7, 11) is 0. The number of aliphatic carboxylic acids is 2. The van der Waals surface area contributed by atoms with Gasteiger partial charge in [0.25, 0.3) is 17.0 Å². The van der Waals surface area contributed by atoms with Crippen LogP contribution in [0.4, 0.5) is 11.4 Å². The minimum Gasteiger partial charge on any atom is -0.488 e. The second kappa shape index (κ2) is 21.1. The first-order chi connectivity index (χ1) is 36.4. The Morgan fingerprint density at radius 3 is 2.07 bits per heavy atom. The lowest BCUT2D eigenvalue weighted by Gasteiger charge is -2.33. The highest BCUT2D eigenvalue weighted by Gasteiger charge is 2.42. The second-order valence-corrected chi connectivity index (χ2v) is 24.3. The fourth-order valence-corrected chi connectivity index (χ4v) is 14.7. The van der Waals surface area contributed by atoms with Crippen molar-refractivity contribution in [3.8, 4) is 5.75 Å². The van der Waals surface area contributed by atoms with Crippen LogP contribution in [0, 0.1) is 14.6 Å². The number of amides is 1. The number of thiazole rings is 2. The van der Waals surface area contributed by atoms with Crippen molar-refractivity contribution in [3.63, 3.8) is 0 Å². The molecule has 10 rings (SSSR count). The maximum atomic E-state index is 14.3. The van der Waals surface area contributed by atoms with Gasteiger partial charge >= 0.3 is 11.9 Å². The third kappa shape index (κ3) is 10.4. The fourth-order valence-electron chi connectivity index (χ4n) is 10.9. The number of hydrogen-bond acceptors (Lipinski definition) is 11. The van der Waals surface area contributed by atoms with Crippen molar-refractivity contribution in [1.82, 2.24) is 14.0 Å². The highest BCUT2D eigenvalue weighted by molar-refractivity contribution is 8.30. The number of hydrogen-bond donors (Lipinski definition) is 2. The van der Waals surface area contributed by atoms with E-state index >= 15 is 0 Å². The Kier molecular flexibility index (Phi) is 14.6. The summed E-state index contributed by atoms with van der Waals surface area (Å²) in [6, 6.07) is 43.3. The molecule has 0 radical (unpaired) electrons. The smallest absolute Gasteiger partial charge is 0.323 e. The van der Waals surface area contributed by atoms with E-state index in [0.29, 0.717) is 20.7 Å². The predicted molar refractivity (Wildman–Crippen MR) is 308 cm³/mol. The van der Waals surface area contributed by atoms with Crippen molar-refractivity contribution in [3.05, 3.63) is 200 Å². The zero-order chi connectivity index (χ0) is 53.6. The molecule has 2 aromatic heterocycles. The van der Waals surface area contributed by atoms with Crippen molar-refractivity contribution in [2.45, 2.75) is 97.5 Å². The van der Waals surface area contributed by atoms with Crippen molar-refractivity contribution >= 4 is 103 Å². The van der Waals surface area contributed by atoms with Crippen LogP contribution in [-0.2, 0) is 34.0 Å². The average molecular weight is 1090 g/mol. The number of carboxylic acids is 2. The van der Waals surface area contributed by atoms with Crippen LogP contribution in [0.5, 0.6) is 5.75 Å². The van der Waals surface area contributed by atoms with Crippen molar-refractivity contribution in [2.75, 3.05) is 4.90 Å². The molecule has 1 saturated heterocycles. The Hall–Kier alpha value is -7.11. The number of benzene rings is 5. The van der Waals surface area contributed by atoms with E-state index in [-0.39, 0.29) is 50.1 Å². The van der Waals surface area contributed by atoms with Gasteiger partial charge in [-0.1, -0.05) is 121 Å². The summed E-state index contributed by atoms with van der Waals surface area (Å²) in [5, 5.41) is 19.7. The first kappa shape index (κ1) is 52.3. The number of aromatic nitrogens is 2. The largest absolute Gasteiger partial charge is 0.488 e. The van der Waals surface area contributed by atoms with Crippen LogP contribution in [0.3, 0.4) is 0 Å². The number of carbonyl (C=O) groups excluding carboxylic acids is 1. The number of nitrogens with zero attached hydrogens (tertiary/aromatic N) is 4. The van der Waals surface area contributed by atoms with Crippen LogP contribution < -0.4 is 30.0 Å². The van der Waals surface area contributed by atoms with Gasteiger partial charge in [-0.2, -0.15) is 0 Å². The lowest BCUT2D eigenvalue weighted by molar-refractivity contribution is -0.149. The molecule has 2 fully saturated rings. The summed E-state index contributed by atoms with van der Waals surface area (Å²) in [5.41, 5.74) is 6.84.